The van der Waals surface area contributed by atoms with Gasteiger partial charge >= 0.3 is 5.97 Å². The summed E-state index contributed by atoms with van der Waals surface area (Å²) in [4.78, 5) is 18.8. The molecule has 1 heterocycles. The van der Waals surface area contributed by atoms with Gasteiger partial charge in [0.15, 0.2) is 6.04 Å². The number of ether oxygens (including phenoxy) is 1. The van der Waals surface area contributed by atoms with Crippen molar-refractivity contribution in [2.45, 2.75) is 25.6 Å². The number of carbonyl (C=O) groups excluding carboxylic acids is 1. The van der Waals surface area contributed by atoms with E-state index in [4.69, 9.17) is 4.74 Å². The molecule has 1 aliphatic rings. The van der Waals surface area contributed by atoms with Crippen LogP contribution in [0, 0.1) is 0 Å². The molecule has 118 valence electrons. The minimum absolute atomic E-state index is 0.129. The molecule has 2 atom stereocenters. The number of benzene rings is 2. The number of hydrogen-bond donors (Lipinski definition) is 0. The van der Waals surface area contributed by atoms with Crippen LogP contribution in [0.1, 0.15) is 24.1 Å². The molecule has 2 aromatic rings. The predicted octanol–water partition coefficient (Wildman–Crippen LogP) is 3.20. The number of carbonyl (C=O) groups is 1. The Morgan fingerprint density at radius 3 is 2.39 bits per heavy atom. The van der Waals surface area contributed by atoms with Crippen molar-refractivity contribution in [1.82, 2.24) is 4.90 Å². The van der Waals surface area contributed by atoms with Gasteiger partial charge in [-0.2, -0.15) is 0 Å². The lowest BCUT2D eigenvalue weighted by atomic mass is 9.99. The second kappa shape index (κ2) is 7.09. The fraction of sp³-hybridized carbons (Fsp3) is 0.263. The molecule has 2 aromatic carbocycles. The summed E-state index contributed by atoms with van der Waals surface area (Å²) in [7, 11) is 0. The van der Waals surface area contributed by atoms with E-state index in [1.54, 1.807) is 6.34 Å². The van der Waals surface area contributed by atoms with Crippen molar-refractivity contribution in [3.05, 3.63) is 71.8 Å². The van der Waals surface area contributed by atoms with Gasteiger partial charge in [-0.3, -0.25) is 4.99 Å². The molecule has 4 heteroatoms. The summed E-state index contributed by atoms with van der Waals surface area (Å²) in [5.41, 5.74) is 2.25. The van der Waals surface area contributed by atoms with Crippen molar-refractivity contribution in [3.8, 4) is 0 Å². The van der Waals surface area contributed by atoms with Crippen LogP contribution in [-0.4, -0.2) is 29.9 Å². The number of hydrogen-bond acceptors (Lipinski definition) is 4. The quantitative estimate of drug-likeness (QED) is 0.797. The van der Waals surface area contributed by atoms with Gasteiger partial charge < -0.3 is 9.64 Å². The molecule has 23 heavy (non-hydrogen) atoms. The molecule has 3 rings (SSSR count). The number of esters is 1. The zero-order valence-electron chi connectivity index (χ0n) is 13.1. The molecular weight excluding hydrogens is 288 g/mol. The highest BCUT2D eigenvalue weighted by Crippen LogP contribution is 2.31. The van der Waals surface area contributed by atoms with Gasteiger partial charge in [-0.25, -0.2) is 4.79 Å². The normalized spacial score (nSPS) is 19.8. The molecule has 0 saturated heterocycles. The molecule has 0 aliphatic carbocycles. The molecule has 0 bridgehead atoms. The molecule has 1 aliphatic heterocycles. The van der Waals surface area contributed by atoms with Gasteiger partial charge in [0.05, 0.1) is 19.0 Å². The molecule has 0 saturated carbocycles. The summed E-state index contributed by atoms with van der Waals surface area (Å²) in [6.45, 7) is 2.89. The Morgan fingerprint density at radius 1 is 1.09 bits per heavy atom. The van der Waals surface area contributed by atoms with Crippen molar-refractivity contribution in [1.29, 1.82) is 0 Å². The molecular formula is C19H20N2O2. The van der Waals surface area contributed by atoms with Gasteiger partial charge in [-0.15, -0.1) is 0 Å². The van der Waals surface area contributed by atoms with Crippen LogP contribution in [0.25, 0.3) is 0 Å². The lowest BCUT2D eigenvalue weighted by Crippen LogP contribution is -2.33. The van der Waals surface area contributed by atoms with Crippen LogP contribution in [0.5, 0.6) is 0 Å². The molecule has 4 nitrogen and oxygen atoms in total. The smallest absolute Gasteiger partial charge is 0.333 e. The van der Waals surface area contributed by atoms with Crippen LogP contribution < -0.4 is 0 Å². The molecule has 0 spiro atoms. The third-order valence-corrected chi connectivity index (χ3v) is 3.91. The lowest BCUT2D eigenvalue weighted by molar-refractivity contribution is -0.145. The van der Waals surface area contributed by atoms with Crippen molar-refractivity contribution in [3.63, 3.8) is 0 Å². The second-order valence-electron chi connectivity index (χ2n) is 5.47. The van der Waals surface area contributed by atoms with Gasteiger partial charge in [0.2, 0.25) is 0 Å². The molecule has 2 unspecified atom stereocenters. The Bertz CT molecular complexity index is 670. The molecule has 0 fully saturated rings. The first-order valence-corrected chi connectivity index (χ1v) is 7.84. The topological polar surface area (TPSA) is 41.9 Å². The van der Waals surface area contributed by atoms with Gasteiger partial charge in [-0.1, -0.05) is 60.7 Å². The number of rotatable bonds is 5. The molecule has 0 radical (unpaired) electrons. The van der Waals surface area contributed by atoms with Crippen molar-refractivity contribution in [2.75, 3.05) is 6.61 Å². The minimum atomic E-state index is -0.513. The zero-order valence-corrected chi connectivity index (χ0v) is 13.1. The summed E-state index contributed by atoms with van der Waals surface area (Å²) in [6.07, 6.45) is 1.77. The van der Waals surface area contributed by atoms with Crippen molar-refractivity contribution in [2.24, 2.45) is 4.99 Å². The average molecular weight is 308 g/mol. The van der Waals surface area contributed by atoms with Crippen LogP contribution in [0.2, 0.25) is 0 Å². The monoisotopic (exact) mass is 308 g/mol. The van der Waals surface area contributed by atoms with Gasteiger partial charge in [0, 0.05) is 6.54 Å². The summed E-state index contributed by atoms with van der Waals surface area (Å²) >= 11 is 0. The third kappa shape index (κ3) is 3.42. The van der Waals surface area contributed by atoms with E-state index in [1.807, 2.05) is 55.5 Å². The highest BCUT2D eigenvalue weighted by atomic mass is 16.5. The van der Waals surface area contributed by atoms with Crippen molar-refractivity contribution >= 4 is 12.3 Å². The van der Waals surface area contributed by atoms with Crippen LogP contribution in [0.15, 0.2) is 65.7 Å². The van der Waals surface area contributed by atoms with E-state index in [-0.39, 0.29) is 12.0 Å². The minimum Gasteiger partial charge on any atom is -0.464 e. The van der Waals surface area contributed by atoms with E-state index in [0.29, 0.717) is 13.2 Å². The SMILES string of the molecule is CCOC(=O)C1N=CN(Cc2ccccc2)C1c1ccccc1. The van der Waals surface area contributed by atoms with Gasteiger partial charge in [-0.05, 0) is 18.1 Å². The Balaban J connectivity index is 1.87. The first-order valence-electron chi connectivity index (χ1n) is 7.84. The second-order valence-corrected chi connectivity index (χ2v) is 5.47. The standard InChI is InChI=1S/C19H20N2O2/c1-2-23-19(22)17-18(16-11-7-4-8-12-16)21(14-20-17)13-15-9-5-3-6-10-15/h3-12,14,17-18H,2,13H2,1H3. The Hall–Kier alpha value is -2.62. The molecule has 0 N–H and O–H groups in total. The maximum absolute atomic E-state index is 12.3. The fourth-order valence-electron chi connectivity index (χ4n) is 2.87. The highest BCUT2D eigenvalue weighted by Gasteiger charge is 2.37. The highest BCUT2D eigenvalue weighted by molar-refractivity contribution is 5.82. The van der Waals surface area contributed by atoms with Crippen LogP contribution in [-0.2, 0) is 16.1 Å². The van der Waals surface area contributed by atoms with E-state index in [2.05, 4.69) is 22.0 Å². The van der Waals surface area contributed by atoms with E-state index in [9.17, 15) is 4.79 Å². The van der Waals surface area contributed by atoms with Gasteiger partial charge in [0.1, 0.15) is 0 Å². The van der Waals surface area contributed by atoms with E-state index in [0.717, 1.165) is 5.56 Å². The first kappa shape index (κ1) is 15.3. The van der Waals surface area contributed by atoms with E-state index >= 15 is 0 Å². The average Bonchev–Trinajstić information content (AvgIpc) is 3.00. The maximum Gasteiger partial charge on any atom is 0.333 e. The first-order chi connectivity index (χ1) is 11.3. The van der Waals surface area contributed by atoms with Crippen LogP contribution in [0.4, 0.5) is 0 Å². The van der Waals surface area contributed by atoms with E-state index < -0.39 is 6.04 Å². The van der Waals surface area contributed by atoms with Crippen LogP contribution in [0.3, 0.4) is 0 Å². The summed E-state index contributed by atoms with van der Waals surface area (Å²) in [5.74, 6) is -0.270. The Morgan fingerprint density at radius 2 is 1.74 bits per heavy atom. The maximum atomic E-state index is 12.3. The zero-order chi connectivity index (χ0) is 16.1. The lowest BCUT2D eigenvalue weighted by Gasteiger charge is -2.27. The molecule has 0 aromatic heterocycles. The Kier molecular flexibility index (Phi) is 4.71. The summed E-state index contributed by atoms with van der Waals surface area (Å²) in [6, 6.07) is 19.5. The van der Waals surface area contributed by atoms with Gasteiger partial charge in [0.25, 0.3) is 0 Å². The largest absolute Gasteiger partial charge is 0.464 e. The fourth-order valence-corrected chi connectivity index (χ4v) is 2.87. The number of aliphatic imine (C=N–C) groups is 1. The Labute approximate surface area is 136 Å². The van der Waals surface area contributed by atoms with Crippen molar-refractivity contribution < 1.29 is 9.53 Å². The van der Waals surface area contributed by atoms with Crippen LogP contribution >= 0.6 is 0 Å². The van der Waals surface area contributed by atoms with E-state index in [1.165, 1.54) is 5.56 Å². The third-order valence-electron chi connectivity index (χ3n) is 3.91. The summed E-state index contributed by atoms with van der Waals surface area (Å²) < 4.78 is 5.20. The molecule has 0 amide bonds. The number of nitrogens with zero attached hydrogens (tertiary/aromatic N) is 2. The summed E-state index contributed by atoms with van der Waals surface area (Å²) in [5, 5.41) is 0. The predicted molar refractivity (Wildman–Crippen MR) is 90.1 cm³/mol.